The van der Waals surface area contributed by atoms with Gasteiger partial charge >= 0.3 is 5.69 Å². The van der Waals surface area contributed by atoms with Crippen molar-refractivity contribution < 1.29 is 4.39 Å². The minimum absolute atomic E-state index is 0.120. The summed E-state index contributed by atoms with van der Waals surface area (Å²) in [5.41, 5.74) is 2.08. The van der Waals surface area contributed by atoms with Crippen LogP contribution in [0.3, 0.4) is 0 Å². The second-order valence-corrected chi connectivity index (χ2v) is 6.78. The Kier molecular flexibility index (Phi) is 4.42. The molecule has 0 amide bonds. The number of hydrogen-bond donors (Lipinski definition) is 3. The van der Waals surface area contributed by atoms with E-state index >= 15 is 0 Å². The van der Waals surface area contributed by atoms with E-state index in [0.29, 0.717) is 28.6 Å². The fraction of sp³-hybridized carbons (Fsp3) is 0.389. The molecule has 1 aromatic carbocycles. The van der Waals surface area contributed by atoms with Crippen LogP contribution < -0.4 is 16.3 Å². The highest BCUT2D eigenvalue weighted by atomic mass is 19.1. The molecule has 2 aromatic heterocycles. The van der Waals surface area contributed by atoms with Crippen LogP contribution in [0.25, 0.3) is 11.2 Å². The number of halogens is 1. The maximum absolute atomic E-state index is 14.1. The van der Waals surface area contributed by atoms with Crippen molar-refractivity contribution in [3.8, 4) is 0 Å². The molecule has 3 aromatic rings. The van der Waals surface area contributed by atoms with Crippen molar-refractivity contribution >= 4 is 17.1 Å². The van der Waals surface area contributed by atoms with Gasteiger partial charge in [0, 0.05) is 12.1 Å². The molecule has 1 fully saturated rings. The minimum atomic E-state index is -0.335. The predicted octanol–water partition coefficient (Wildman–Crippen LogP) is 1.64. The minimum Gasteiger partial charge on any atom is -0.354 e. The first-order chi connectivity index (χ1) is 12.6. The summed E-state index contributed by atoms with van der Waals surface area (Å²) >= 11 is 0. The quantitative estimate of drug-likeness (QED) is 0.647. The van der Waals surface area contributed by atoms with Crippen LogP contribution in [-0.2, 0) is 6.54 Å². The van der Waals surface area contributed by atoms with Crippen molar-refractivity contribution in [1.82, 2.24) is 24.8 Å². The number of H-pyrrole nitrogens is 1. The van der Waals surface area contributed by atoms with Crippen LogP contribution in [-0.4, -0.2) is 39.2 Å². The zero-order valence-corrected chi connectivity index (χ0v) is 14.6. The molecular formula is C18H21FN6O. The first kappa shape index (κ1) is 16.7. The van der Waals surface area contributed by atoms with Crippen molar-refractivity contribution in [3.05, 3.63) is 51.8 Å². The normalized spacial score (nSPS) is 17.1. The van der Waals surface area contributed by atoms with E-state index < -0.39 is 0 Å². The van der Waals surface area contributed by atoms with Gasteiger partial charge in [-0.1, -0.05) is 17.7 Å². The lowest BCUT2D eigenvalue weighted by Crippen LogP contribution is -2.19. The van der Waals surface area contributed by atoms with Gasteiger partial charge in [0.25, 0.3) is 0 Å². The van der Waals surface area contributed by atoms with E-state index in [4.69, 9.17) is 0 Å². The van der Waals surface area contributed by atoms with Crippen LogP contribution >= 0.6 is 0 Å². The van der Waals surface area contributed by atoms with Gasteiger partial charge in [-0.25, -0.2) is 14.2 Å². The number of benzene rings is 1. The average Bonchev–Trinajstić information content (AvgIpc) is 3.24. The molecule has 0 bridgehead atoms. The SMILES string of the molecule is Cc1ccc(F)c(Cn2c(=O)[nH]c3cnc(NC[C@@H]4CCNC4)nc32)c1. The second kappa shape index (κ2) is 6.87. The van der Waals surface area contributed by atoms with Gasteiger partial charge in [0.15, 0.2) is 5.65 Å². The maximum atomic E-state index is 14.1. The summed E-state index contributed by atoms with van der Waals surface area (Å²) in [7, 11) is 0. The van der Waals surface area contributed by atoms with Gasteiger partial charge in [0.1, 0.15) is 11.3 Å². The molecule has 8 heteroatoms. The molecule has 3 heterocycles. The van der Waals surface area contributed by atoms with Crippen molar-refractivity contribution in [2.75, 3.05) is 25.0 Å². The van der Waals surface area contributed by atoms with Crippen LogP contribution in [0.1, 0.15) is 17.5 Å². The Hall–Kier alpha value is -2.74. The summed E-state index contributed by atoms with van der Waals surface area (Å²) < 4.78 is 15.5. The van der Waals surface area contributed by atoms with Crippen LogP contribution in [0, 0.1) is 18.7 Å². The molecule has 7 nitrogen and oxygen atoms in total. The van der Waals surface area contributed by atoms with E-state index in [-0.39, 0.29) is 18.1 Å². The highest BCUT2D eigenvalue weighted by Gasteiger charge is 2.16. The number of nitrogens with zero attached hydrogens (tertiary/aromatic N) is 3. The summed E-state index contributed by atoms with van der Waals surface area (Å²) in [6.45, 7) is 4.81. The Balaban J connectivity index is 1.63. The molecule has 1 aliphatic heterocycles. The Morgan fingerprint density at radius 1 is 1.42 bits per heavy atom. The average molecular weight is 356 g/mol. The molecule has 0 radical (unpaired) electrons. The fourth-order valence-corrected chi connectivity index (χ4v) is 3.30. The molecule has 26 heavy (non-hydrogen) atoms. The highest BCUT2D eigenvalue weighted by molar-refractivity contribution is 5.71. The molecule has 3 N–H and O–H groups in total. The van der Waals surface area contributed by atoms with E-state index in [1.54, 1.807) is 18.3 Å². The highest BCUT2D eigenvalue weighted by Crippen LogP contribution is 2.15. The number of aromatic nitrogens is 4. The summed E-state index contributed by atoms with van der Waals surface area (Å²) in [6.07, 6.45) is 2.71. The standard InChI is InChI=1S/C18H21FN6O/c1-11-2-3-14(19)13(6-11)10-25-16-15(23-18(25)26)9-22-17(24-16)21-8-12-4-5-20-7-12/h2-3,6,9,12,20H,4-5,7-8,10H2,1H3,(H,23,26)(H,21,22,24)/t12-/m1/s1. The monoisotopic (exact) mass is 356 g/mol. The topological polar surface area (TPSA) is 87.6 Å². The number of fused-ring (bicyclic) bond motifs is 1. The van der Waals surface area contributed by atoms with Gasteiger partial charge < -0.3 is 15.6 Å². The lowest BCUT2D eigenvalue weighted by atomic mass is 10.1. The molecule has 1 atom stereocenters. The van der Waals surface area contributed by atoms with Crippen molar-refractivity contribution in [2.24, 2.45) is 5.92 Å². The third-order valence-electron chi connectivity index (χ3n) is 4.75. The van der Waals surface area contributed by atoms with E-state index in [1.807, 2.05) is 6.92 Å². The number of aryl methyl sites for hydroxylation is 1. The Morgan fingerprint density at radius 3 is 3.12 bits per heavy atom. The molecule has 0 aliphatic carbocycles. The van der Waals surface area contributed by atoms with E-state index in [1.165, 1.54) is 10.6 Å². The van der Waals surface area contributed by atoms with Gasteiger partial charge in [-0.3, -0.25) is 4.57 Å². The number of rotatable bonds is 5. The zero-order chi connectivity index (χ0) is 18.1. The van der Waals surface area contributed by atoms with Gasteiger partial charge in [0.2, 0.25) is 5.95 Å². The molecular weight excluding hydrogens is 335 g/mol. The van der Waals surface area contributed by atoms with Crippen LogP contribution in [0.15, 0.2) is 29.2 Å². The summed E-state index contributed by atoms with van der Waals surface area (Å²) in [6, 6.07) is 4.87. The Labute approximate surface area is 149 Å². The Bertz CT molecular complexity index is 989. The first-order valence-electron chi connectivity index (χ1n) is 8.75. The fourth-order valence-electron chi connectivity index (χ4n) is 3.30. The molecule has 0 spiro atoms. The van der Waals surface area contributed by atoms with Crippen LogP contribution in [0.5, 0.6) is 0 Å². The molecule has 136 valence electrons. The van der Waals surface area contributed by atoms with Crippen molar-refractivity contribution in [3.63, 3.8) is 0 Å². The van der Waals surface area contributed by atoms with Gasteiger partial charge in [-0.05, 0) is 38.4 Å². The van der Waals surface area contributed by atoms with E-state index in [2.05, 4.69) is 25.6 Å². The van der Waals surface area contributed by atoms with E-state index in [9.17, 15) is 9.18 Å². The van der Waals surface area contributed by atoms with Crippen molar-refractivity contribution in [1.29, 1.82) is 0 Å². The van der Waals surface area contributed by atoms with Gasteiger partial charge in [0.05, 0.1) is 12.7 Å². The number of nitrogens with one attached hydrogen (secondary N) is 3. The number of aromatic amines is 1. The third-order valence-corrected chi connectivity index (χ3v) is 4.75. The lowest BCUT2D eigenvalue weighted by molar-refractivity contribution is 0.598. The number of imidazole rings is 1. The third kappa shape index (κ3) is 3.32. The zero-order valence-electron chi connectivity index (χ0n) is 14.6. The smallest absolute Gasteiger partial charge is 0.328 e. The summed E-state index contributed by atoms with van der Waals surface area (Å²) in [4.78, 5) is 23.8. The predicted molar refractivity (Wildman–Crippen MR) is 97.9 cm³/mol. The molecule has 0 unspecified atom stereocenters. The summed E-state index contributed by atoms with van der Waals surface area (Å²) in [5, 5.41) is 6.56. The first-order valence-corrected chi connectivity index (χ1v) is 8.75. The van der Waals surface area contributed by atoms with Crippen molar-refractivity contribution in [2.45, 2.75) is 19.9 Å². The van der Waals surface area contributed by atoms with Gasteiger partial charge in [-0.2, -0.15) is 4.98 Å². The van der Waals surface area contributed by atoms with Crippen LogP contribution in [0.2, 0.25) is 0 Å². The molecule has 1 aliphatic rings. The largest absolute Gasteiger partial charge is 0.354 e. The second-order valence-electron chi connectivity index (χ2n) is 6.78. The van der Waals surface area contributed by atoms with Gasteiger partial charge in [-0.15, -0.1) is 0 Å². The lowest BCUT2D eigenvalue weighted by Gasteiger charge is -2.10. The summed E-state index contributed by atoms with van der Waals surface area (Å²) in [5.74, 6) is 0.684. The molecule has 1 saturated heterocycles. The number of anilines is 1. The van der Waals surface area contributed by atoms with E-state index in [0.717, 1.165) is 31.6 Å². The Morgan fingerprint density at radius 2 is 2.31 bits per heavy atom. The molecule has 4 rings (SSSR count). The maximum Gasteiger partial charge on any atom is 0.328 e. The molecule has 0 saturated carbocycles. The van der Waals surface area contributed by atoms with Crippen LogP contribution in [0.4, 0.5) is 10.3 Å². The number of hydrogen-bond acceptors (Lipinski definition) is 5.